The van der Waals surface area contributed by atoms with Gasteiger partial charge in [-0.25, -0.2) is 9.97 Å². The van der Waals surface area contributed by atoms with Crippen molar-refractivity contribution in [3.05, 3.63) is 35.7 Å². The van der Waals surface area contributed by atoms with E-state index in [1.807, 2.05) is 0 Å². The van der Waals surface area contributed by atoms with Gasteiger partial charge in [-0.15, -0.1) is 0 Å². The van der Waals surface area contributed by atoms with Gasteiger partial charge >= 0.3 is 12.1 Å². The van der Waals surface area contributed by atoms with E-state index in [1.54, 1.807) is 18.3 Å². The number of ether oxygens (including phenoxy) is 3. The number of aliphatic carboxylic acids is 1. The van der Waals surface area contributed by atoms with Crippen molar-refractivity contribution < 1.29 is 37.3 Å². The molecule has 4 heterocycles. The number of carboxylic acids is 1. The van der Waals surface area contributed by atoms with E-state index in [4.69, 9.17) is 14.2 Å². The van der Waals surface area contributed by atoms with Crippen molar-refractivity contribution in [3.63, 3.8) is 0 Å². The van der Waals surface area contributed by atoms with Gasteiger partial charge in [-0.1, -0.05) is 0 Å². The Balaban J connectivity index is 1.35. The quantitative estimate of drug-likeness (QED) is 0.524. The molecular formula is C25H30F3N3O5. The molecule has 0 radical (unpaired) electrons. The summed E-state index contributed by atoms with van der Waals surface area (Å²) in [6.07, 6.45) is 0.0672. The van der Waals surface area contributed by atoms with E-state index >= 15 is 0 Å². The summed E-state index contributed by atoms with van der Waals surface area (Å²) in [4.78, 5) is 21.7. The maximum Gasteiger partial charge on any atom is 0.389 e. The largest absolute Gasteiger partial charge is 0.492 e. The number of rotatable bonds is 9. The first-order valence-electron chi connectivity index (χ1n) is 12.0. The Bertz CT molecular complexity index is 1060. The van der Waals surface area contributed by atoms with Gasteiger partial charge in [0.1, 0.15) is 5.75 Å². The first kappa shape index (κ1) is 25.8. The van der Waals surface area contributed by atoms with Crippen LogP contribution < -0.4 is 19.1 Å². The Morgan fingerprint density at radius 3 is 2.61 bits per heavy atom. The maximum atomic E-state index is 12.8. The van der Waals surface area contributed by atoms with Gasteiger partial charge in [0.05, 0.1) is 32.9 Å². The number of carbonyl (C=O) groups is 1. The molecule has 4 rings (SSSR count). The highest BCUT2D eigenvalue weighted by Gasteiger charge is 2.29. The van der Waals surface area contributed by atoms with Crippen molar-refractivity contribution in [2.75, 3.05) is 38.3 Å². The number of hydrogen-bond donors (Lipinski definition) is 1. The molecule has 1 atom stereocenters. The van der Waals surface area contributed by atoms with E-state index < -0.39 is 18.6 Å². The minimum Gasteiger partial charge on any atom is -0.492 e. The maximum absolute atomic E-state index is 12.8. The van der Waals surface area contributed by atoms with Gasteiger partial charge in [-0.2, -0.15) is 13.2 Å². The summed E-state index contributed by atoms with van der Waals surface area (Å²) >= 11 is 0. The summed E-state index contributed by atoms with van der Waals surface area (Å²) in [6.45, 7) is 2.26. The van der Waals surface area contributed by atoms with E-state index in [-0.39, 0.29) is 24.7 Å². The molecule has 2 aromatic heterocycles. The molecule has 2 aliphatic heterocycles. The lowest BCUT2D eigenvalue weighted by molar-refractivity contribution is -0.137. The Hall–Kier alpha value is -3.24. The molecule has 2 aliphatic rings. The van der Waals surface area contributed by atoms with Crippen LogP contribution in [0.25, 0.3) is 0 Å². The highest BCUT2D eigenvalue weighted by Crippen LogP contribution is 2.37. The van der Waals surface area contributed by atoms with Crippen molar-refractivity contribution >= 4 is 11.7 Å². The van der Waals surface area contributed by atoms with Crippen molar-refractivity contribution in [3.8, 4) is 17.5 Å². The molecule has 0 saturated carbocycles. The van der Waals surface area contributed by atoms with Gasteiger partial charge in [-0.05, 0) is 37.2 Å². The molecule has 0 spiro atoms. The van der Waals surface area contributed by atoms with Crippen LogP contribution in [0.4, 0.5) is 18.9 Å². The topological polar surface area (TPSA) is 94.0 Å². The molecule has 0 bridgehead atoms. The number of carboxylic acid groups (broad SMARTS) is 1. The van der Waals surface area contributed by atoms with Gasteiger partial charge in [0.25, 0.3) is 0 Å². The summed E-state index contributed by atoms with van der Waals surface area (Å²) in [5.74, 6) is 0.672. The van der Waals surface area contributed by atoms with Crippen LogP contribution in [0.1, 0.15) is 49.1 Å². The number of methoxy groups -OCH3 is 1. The number of nitrogens with zero attached hydrogens (tertiary/aromatic N) is 3. The molecule has 36 heavy (non-hydrogen) atoms. The normalized spacial score (nSPS) is 18.3. The zero-order valence-corrected chi connectivity index (χ0v) is 20.1. The highest BCUT2D eigenvalue weighted by molar-refractivity contribution is 5.68. The molecule has 0 aliphatic carbocycles. The van der Waals surface area contributed by atoms with E-state index in [9.17, 15) is 23.1 Å². The standard InChI is InChI=1S/C25H30F3N3O5/c1-34-22-12-20(18(13-29-22)2-6-25(26,27)28)31-7-3-16(4-8-31)15-36-23-11-19-17(10-24(32)33)5-9-35-21(19)14-30-23/h11-14,16-17H,2-10,15H2,1H3,(H,32,33). The van der Waals surface area contributed by atoms with Gasteiger partial charge in [0.15, 0.2) is 0 Å². The molecule has 2 aromatic rings. The van der Waals surface area contributed by atoms with Crippen molar-refractivity contribution in [2.24, 2.45) is 5.92 Å². The minimum absolute atomic E-state index is 0.0308. The zero-order valence-electron chi connectivity index (χ0n) is 20.1. The average Bonchev–Trinajstić information content (AvgIpc) is 2.86. The molecule has 0 amide bonds. The van der Waals surface area contributed by atoms with Crippen LogP contribution in [0.15, 0.2) is 24.5 Å². The van der Waals surface area contributed by atoms with E-state index in [0.717, 1.165) is 24.1 Å². The van der Waals surface area contributed by atoms with E-state index in [0.29, 0.717) is 55.8 Å². The summed E-state index contributed by atoms with van der Waals surface area (Å²) in [5, 5.41) is 9.20. The highest BCUT2D eigenvalue weighted by atomic mass is 19.4. The number of halogens is 3. The monoisotopic (exact) mass is 509 g/mol. The number of alkyl halides is 3. The number of aromatic nitrogens is 2. The lowest BCUT2D eigenvalue weighted by atomic mass is 9.91. The Labute approximate surface area is 207 Å². The van der Waals surface area contributed by atoms with Crippen molar-refractivity contribution in [1.82, 2.24) is 9.97 Å². The third kappa shape index (κ3) is 6.70. The Morgan fingerprint density at radius 2 is 1.92 bits per heavy atom. The first-order valence-corrected chi connectivity index (χ1v) is 12.0. The molecule has 8 nitrogen and oxygen atoms in total. The molecule has 1 unspecified atom stereocenters. The smallest absolute Gasteiger partial charge is 0.389 e. The molecular weight excluding hydrogens is 479 g/mol. The van der Waals surface area contributed by atoms with Crippen LogP contribution in [-0.4, -0.2) is 60.6 Å². The number of fused-ring (bicyclic) bond motifs is 1. The van der Waals surface area contributed by atoms with E-state index in [1.165, 1.54) is 13.3 Å². The molecule has 1 fully saturated rings. The van der Waals surface area contributed by atoms with Crippen LogP contribution >= 0.6 is 0 Å². The second kappa shape index (κ2) is 11.2. The van der Waals surface area contributed by atoms with Crippen LogP contribution in [-0.2, 0) is 11.2 Å². The number of pyridine rings is 2. The second-order valence-corrected chi connectivity index (χ2v) is 9.20. The Morgan fingerprint density at radius 1 is 1.17 bits per heavy atom. The van der Waals surface area contributed by atoms with Gasteiger partial charge in [0.2, 0.25) is 11.8 Å². The lowest BCUT2D eigenvalue weighted by Crippen LogP contribution is -2.36. The fourth-order valence-corrected chi connectivity index (χ4v) is 4.72. The van der Waals surface area contributed by atoms with Crippen LogP contribution in [0, 0.1) is 5.92 Å². The zero-order chi connectivity index (χ0) is 25.7. The molecule has 1 N–H and O–H groups in total. The summed E-state index contributed by atoms with van der Waals surface area (Å²) in [7, 11) is 1.48. The van der Waals surface area contributed by atoms with Crippen LogP contribution in [0.2, 0.25) is 0 Å². The Kier molecular flexibility index (Phi) is 8.05. The molecule has 0 aromatic carbocycles. The van der Waals surface area contributed by atoms with Crippen molar-refractivity contribution in [1.29, 1.82) is 0 Å². The van der Waals surface area contributed by atoms with Crippen LogP contribution in [0.5, 0.6) is 17.5 Å². The number of anilines is 1. The molecule has 1 saturated heterocycles. The van der Waals surface area contributed by atoms with Crippen LogP contribution in [0.3, 0.4) is 0 Å². The summed E-state index contributed by atoms with van der Waals surface area (Å²) < 4.78 is 55.1. The third-order valence-corrected chi connectivity index (χ3v) is 6.70. The molecule has 11 heteroatoms. The fourth-order valence-electron chi connectivity index (χ4n) is 4.72. The van der Waals surface area contributed by atoms with Gasteiger partial charge < -0.3 is 24.2 Å². The number of aryl methyl sites for hydroxylation is 1. The van der Waals surface area contributed by atoms with Gasteiger partial charge in [0, 0.05) is 55.0 Å². The minimum atomic E-state index is -4.23. The lowest BCUT2D eigenvalue weighted by Gasteiger charge is -2.34. The number of piperidine rings is 1. The van der Waals surface area contributed by atoms with Crippen molar-refractivity contribution in [2.45, 2.75) is 50.6 Å². The predicted octanol–water partition coefficient (Wildman–Crippen LogP) is 4.62. The second-order valence-electron chi connectivity index (χ2n) is 9.20. The first-order chi connectivity index (χ1) is 17.2. The van der Waals surface area contributed by atoms with E-state index in [2.05, 4.69) is 14.9 Å². The SMILES string of the molecule is COc1cc(N2CCC(COc3cc4c(cn3)OCCC4CC(=O)O)CC2)c(CCC(F)(F)F)cn1. The summed E-state index contributed by atoms with van der Waals surface area (Å²) in [6, 6.07) is 3.47. The predicted molar refractivity (Wildman–Crippen MR) is 125 cm³/mol. The average molecular weight is 510 g/mol. The van der Waals surface area contributed by atoms with Gasteiger partial charge in [-0.3, -0.25) is 4.79 Å². The summed E-state index contributed by atoms with van der Waals surface area (Å²) in [5.41, 5.74) is 2.09. The molecule has 196 valence electrons. The third-order valence-electron chi connectivity index (χ3n) is 6.70. The fraction of sp³-hybridized carbons (Fsp3) is 0.560. The number of hydrogen-bond acceptors (Lipinski definition) is 7.